The molecule has 0 bridgehead atoms. The first-order valence-electron chi connectivity index (χ1n) is 7.29. The van der Waals surface area contributed by atoms with E-state index < -0.39 is 0 Å². The van der Waals surface area contributed by atoms with Crippen molar-refractivity contribution in [2.75, 3.05) is 12.4 Å². The maximum absolute atomic E-state index is 5.63. The Hall–Kier alpha value is -1.41. The molecule has 0 aromatic carbocycles. The molecule has 3 heterocycles. The Balaban J connectivity index is 1.43. The maximum Gasteiger partial charge on any atom is 0.209 e. The lowest BCUT2D eigenvalue weighted by Gasteiger charge is -2.09. The molecule has 2 aromatic rings. The quantitative estimate of drug-likeness (QED) is 0.567. The Morgan fingerprint density at radius 1 is 1.48 bits per heavy atom. The largest absolute Gasteiger partial charge is 0.376 e. The first-order chi connectivity index (χ1) is 10.3. The zero-order valence-corrected chi connectivity index (χ0v) is 13.0. The van der Waals surface area contributed by atoms with Gasteiger partial charge < -0.3 is 4.74 Å². The van der Waals surface area contributed by atoms with Gasteiger partial charge in [-0.15, -0.1) is 5.10 Å². The fraction of sp³-hybridized carbons (Fsp3) is 0.692. The summed E-state index contributed by atoms with van der Waals surface area (Å²) in [6, 6.07) is 0. The highest BCUT2D eigenvalue weighted by Crippen LogP contribution is 2.19. The van der Waals surface area contributed by atoms with Crippen LogP contribution in [0.1, 0.15) is 24.8 Å². The third-order valence-electron chi connectivity index (χ3n) is 3.50. The van der Waals surface area contributed by atoms with Gasteiger partial charge in [-0.1, -0.05) is 11.8 Å². The van der Waals surface area contributed by atoms with Crippen LogP contribution < -0.4 is 0 Å². The summed E-state index contributed by atoms with van der Waals surface area (Å²) in [7, 11) is 1.94. The van der Waals surface area contributed by atoms with Gasteiger partial charge in [0.1, 0.15) is 0 Å². The van der Waals surface area contributed by atoms with Crippen molar-refractivity contribution < 1.29 is 4.74 Å². The SMILES string of the molecule is Cn1cc(CCCSc2nnnn2CC2CCCO2)cn1. The molecule has 1 atom stereocenters. The van der Waals surface area contributed by atoms with Gasteiger partial charge in [-0.3, -0.25) is 4.68 Å². The monoisotopic (exact) mass is 308 g/mol. The molecule has 1 aliphatic rings. The Morgan fingerprint density at radius 2 is 2.43 bits per heavy atom. The third kappa shape index (κ3) is 4.04. The fourth-order valence-corrected chi connectivity index (χ4v) is 3.26. The molecule has 2 aromatic heterocycles. The number of thioether (sulfide) groups is 1. The highest BCUT2D eigenvalue weighted by atomic mass is 32.2. The minimum Gasteiger partial charge on any atom is -0.376 e. The molecule has 3 rings (SSSR count). The Kier molecular flexibility index (Phi) is 4.87. The van der Waals surface area contributed by atoms with Gasteiger partial charge in [0.25, 0.3) is 0 Å². The zero-order chi connectivity index (χ0) is 14.5. The standard InChI is InChI=1S/C13H20N6OS/c1-18-9-11(8-14-18)4-3-7-21-13-15-16-17-19(13)10-12-5-2-6-20-12/h8-9,12H,2-7,10H2,1H3. The van der Waals surface area contributed by atoms with Gasteiger partial charge in [-0.25, -0.2) is 4.68 Å². The van der Waals surface area contributed by atoms with Crippen molar-refractivity contribution in [2.24, 2.45) is 7.05 Å². The number of hydrogen-bond donors (Lipinski definition) is 0. The maximum atomic E-state index is 5.63. The average Bonchev–Trinajstić information content (AvgIpc) is 3.19. The predicted molar refractivity (Wildman–Crippen MR) is 79.0 cm³/mol. The van der Waals surface area contributed by atoms with Crippen LogP contribution in [-0.2, 0) is 24.8 Å². The van der Waals surface area contributed by atoms with Crippen LogP contribution in [0.5, 0.6) is 0 Å². The number of nitrogens with zero attached hydrogens (tertiary/aromatic N) is 6. The molecule has 0 radical (unpaired) electrons. The molecule has 1 saturated heterocycles. The topological polar surface area (TPSA) is 70.7 Å². The Bertz CT molecular complexity index is 563. The normalized spacial score (nSPS) is 18.4. The molecule has 1 fully saturated rings. The molecule has 8 heteroatoms. The molecule has 0 spiro atoms. The van der Waals surface area contributed by atoms with Gasteiger partial charge in [0.05, 0.1) is 18.8 Å². The second-order valence-corrected chi connectivity index (χ2v) is 6.31. The molecule has 7 nitrogen and oxygen atoms in total. The smallest absolute Gasteiger partial charge is 0.209 e. The summed E-state index contributed by atoms with van der Waals surface area (Å²) in [6.45, 7) is 1.62. The van der Waals surface area contributed by atoms with Gasteiger partial charge in [0, 0.05) is 25.6 Å². The summed E-state index contributed by atoms with van der Waals surface area (Å²) < 4.78 is 9.34. The van der Waals surface area contributed by atoms with Crippen LogP contribution >= 0.6 is 11.8 Å². The number of ether oxygens (including phenoxy) is 1. The fourth-order valence-electron chi connectivity index (χ4n) is 2.44. The molecule has 0 aliphatic carbocycles. The second kappa shape index (κ2) is 7.04. The van der Waals surface area contributed by atoms with Gasteiger partial charge in [-0.05, 0) is 41.7 Å². The number of rotatable bonds is 7. The molecule has 0 N–H and O–H groups in total. The lowest BCUT2D eigenvalue weighted by molar-refractivity contribution is 0.0912. The highest BCUT2D eigenvalue weighted by molar-refractivity contribution is 7.99. The number of aryl methyl sites for hydroxylation is 2. The Morgan fingerprint density at radius 3 is 3.19 bits per heavy atom. The van der Waals surface area contributed by atoms with Gasteiger partial charge in [0.2, 0.25) is 5.16 Å². The molecule has 1 unspecified atom stereocenters. The van der Waals surface area contributed by atoms with Crippen LogP contribution in [0.15, 0.2) is 17.6 Å². The van der Waals surface area contributed by atoms with E-state index in [1.807, 2.05) is 22.6 Å². The lowest BCUT2D eigenvalue weighted by Crippen LogP contribution is -2.16. The van der Waals surface area contributed by atoms with Crippen LogP contribution in [0, 0.1) is 0 Å². The van der Waals surface area contributed by atoms with Gasteiger partial charge in [0.15, 0.2) is 0 Å². The van der Waals surface area contributed by atoms with Crippen molar-refractivity contribution in [3.63, 3.8) is 0 Å². The van der Waals surface area contributed by atoms with E-state index in [9.17, 15) is 0 Å². The van der Waals surface area contributed by atoms with Crippen molar-refractivity contribution in [1.82, 2.24) is 30.0 Å². The van der Waals surface area contributed by atoms with Crippen molar-refractivity contribution in [2.45, 2.75) is 43.5 Å². The molecule has 1 aliphatic heterocycles. The second-order valence-electron chi connectivity index (χ2n) is 5.25. The summed E-state index contributed by atoms with van der Waals surface area (Å²) >= 11 is 1.71. The van der Waals surface area contributed by atoms with Crippen LogP contribution in [-0.4, -0.2) is 48.5 Å². The minimum absolute atomic E-state index is 0.267. The van der Waals surface area contributed by atoms with Crippen LogP contribution in [0.2, 0.25) is 0 Å². The molecule has 0 amide bonds. The number of hydrogen-bond acceptors (Lipinski definition) is 6. The number of tetrazole rings is 1. The van der Waals surface area contributed by atoms with E-state index in [0.29, 0.717) is 0 Å². The lowest BCUT2D eigenvalue weighted by atomic mass is 10.2. The van der Waals surface area contributed by atoms with Crippen LogP contribution in [0.3, 0.4) is 0 Å². The van der Waals surface area contributed by atoms with E-state index >= 15 is 0 Å². The summed E-state index contributed by atoms with van der Waals surface area (Å²) in [5, 5.41) is 17.0. The first kappa shape index (κ1) is 14.5. The molecular weight excluding hydrogens is 288 g/mol. The van der Waals surface area contributed by atoms with E-state index in [4.69, 9.17) is 4.74 Å². The average molecular weight is 308 g/mol. The summed E-state index contributed by atoms with van der Waals surface area (Å²) in [4.78, 5) is 0. The number of aromatic nitrogens is 6. The molecule has 0 saturated carbocycles. The highest BCUT2D eigenvalue weighted by Gasteiger charge is 2.18. The van der Waals surface area contributed by atoms with Crippen molar-refractivity contribution in [1.29, 1.82) is 0 Å². The van der Waals surface area contributed by atoms with Crippen molar-refractivity contribution >= 4 is 11.8 Å². The van der Waals surface area contributed by atoms with E-state index in [1.54, 1.807) is 11.8 Å². The van der Waals surface area contributed by atoms with Crippen LogP contribution in [0.4, 0.5) is 0 Å². The summed E-state index contributed by atoms with van der Waals surface area (Å²) in [5.74, 6) is 1.00. The van der Waals surface area contributed by atoms with E-state index in [0.717, 1.165) is 49.7 Å². The third-order valence-corrected chi connectivity index (χ3v) is 4.54. The molecular formula is C13H20N6OS. The first-order valence-corrected chi connectivity index (χ1v) is 8.28. The zero-order valence-electron chi connectivity index (χ0n) is 12.2. The van der Waals surface area contributed by atoms with Gasteiger partial charge >= 0.3 is 0 Å². The van der Waals surface area contributed by atoms with Gasteiger partial charge in [-0.2, -0.15) is 5.10 Å². The summed E-state index contributed by atoms with van der Waals surface area (Å²) in [6.07, 6.45) is 8.62. The van der Waals surface area contributed by atoms with Crippen molar-refractivity contribution in [3.05, 3.63) is 18.0 Å². The van der Waals surface area contributed by atoms with Crippen molar-refractivity contribution in [3.8, 4) is 0 Å². The predicted octanol–water partition coefficient (Wildman–Crippen LogP) is 1.31. The van der Waals surface area contributed by atoms with E-state index in [2.05, 4.69) is 26.8 Å². The minimum atomic E-state index is 0.267. The van der Waals surface area contributed by atoms with E-state index in [-0.39, 0.29) is 6.10 Å². The van der Waals surface area contributed by atoms with Crippen LogP contribution in [0.25, 0.3) is 0 Å². The van der Waals surface area contributed by atoms with E-state index in [1.165, 1.54) is 5.56 Å². The summed E-state index contributed by atoms with van der Waals surface area (Å²) in [5.41, 5.74) is 1.28. The molecule has 114 valence electrons. The molecule has 21 heavy (non-hydrogen) atoms. The Labute approximate surface area is 128 Å².